The highest BCUT2D eigenvalue weighted by molar-refractivity contribution is 5.87. The van der Waals surface area contributed by atoms with Gasteiger partial charge in [0.1, 0.15) is 0 Å². The Balaban J connectivity index is 1.45. The topological polar surface area (TPSA) is 71.2 Å². The van der Waals surface area contributed by atoms with Gasteiger partial charge in [-0.25, -0.2) is 4.79 Å². The molecule has 0 spiro atoms. The molecule has 2 aromatic rings. The Kier molecular flexibility index (Phi) is 5.25. The van der Waals surface area contributed by atoms with E-state index in [4.69, 9.17) is 0 Å². The zero-order valence-corrected chi connectivity index (χ0v) is 16.0. The molecule has 1 aliphatic heterocycles. The molecule has 4 rings (SSSR count). The Bertz CT molecular complexity index is 794. The van der Waals surface area contributed by atoms with Gasteiger partial charge in [0.05, 0.1) is 0 Å². The molecule has 0 aromatic carbocycles. The van der Waals surface area contributed by atoms with Crippen LogP contribution in [0.4, 0.5) is 0 Å². The maximum Gasteiger partial charge on any atom is 0.356 e. The van der Waals surface area contributed by atoms with Gasteiger partial charge >= 0.3 is 5.97 Å². The molecule has 0 radical (unpaired) electrons. The Morgan fingerprint density at radius 1 is 1.22 bits per heavy atom. The number of rotatable bonds is 5. The van der Waals surface area contributed by atoms with Crippen LogP contribution in [-0.4, -0.2) is 49.9 Å². The number of hydrogen-bond acceptors (Lipinski definition) is 4. The lowest BCUT2D eigenvalue weighted by molar-refractivity contribution is 0.0687. The Morgan fingerprint density at radius 2 is 1.96 bits per heavy atom. The first-order valence-corrected chi connectivity index (χ1v) is 10.1. The SMILES string of the molecule is CCCn1nc(C(=O)O)c2c1CCC(N1CCC(c3ccncc3)CC1)C2. The van der Waals surface area contributed by atoms with Gasteiger partial charge in [0.15, 0.2) is 5.69 Å². The molecule has 2 aromatic heterocycles. The Morgan fingerprint density at radius 3 is 2.63 bits per heavy atom. The molecule has 2 aliphatic rings. The average Bonchev–Trinajstić information content (AvgIpc) is 3.07. The fraction of sp³-hybridized carbons (Fsp3) is 0.571. The fourth-order valence-corrected chi connectivity index (χ4v) is 4.78. The third-order valence-electron chi connectivity index (χ3n) is 6.18. The van der Waals surface area contributed by atoms with Gasteiger partial charge in [-0.05, 0) is 75.2 Å². The van der Waals surface area contributed by atoms with Crippen LogP contribution in [0.15, 0.2) is 24.5 Å². The highest BCUT2D eigenvalue weighted by Crippen LogP contribution is 2.33. The second kappa shape index (κ2) is 7.80. The molecule has 1 unspecified atom stereocenters. The number of fused-ring (bicyclic) bond motifs is 1. The van der Waals surface area contributed by atoms with E-state index in [0.29, 0.717) is 12.0 Å². The van der Waals surface area contributed by atoms with Crippen molar-refractivity contribution in [2.45, 2.75) is 64.0 Å². The zero-order valence-electron chi connectivity index (χ0n) is 16.0. The van der Waals surface area contributed by atoms with Gasteiger partial charge in [0.2, 0.25) is 0 Å². The van der Waals surface area contributed by atoms with Gasteiger partial charge in [-0.1, -0.05) is 6.92 Å². The van der Waals surface area contributed by atoms with E-state index in [2.05, 4.69) is 34.0 Å². The molecular weight excluding hydrogens is 340 g/mol. The lowest BCUT2D eigenvalue weighted by atomic mass is 9.86. The summed E-state index contributed by atoms with van der Waals surface area (Å²) in [5.41, 5.74) is 3.79. The van der Waals surface area contributed by atoms with Gasteiger partial charge in [0, 0.05) is 36.2 Å². The number of likely N-dealkylation sites (tertiary alicyclic amines) is 1. The molecule has 0 saturated carbocycles. The first kappa shape index (κ1) is 18.2. The lowest BCUT2D eigenvalue weighted by Crippen LogP contribution is -2.44. The summed E-state index contributed by atoms with van der Waals surface area (Å²) < 4.78 is 1.94. The summed E-state index contributed by atoms with van der Waals surface area (Å²) in [6.45, 7) is 5.07. The molecule has 3 heterocycles. The van der Waals surface area contributed by atoms with Crippen molar-refractivity contribution in [1.82, 2.24) is 19.7 Å². The van der Waals surface area contributed by atoms with Crippen molar-refractivity contribution in [3.05, 3.63) is 47.0 Å². The minimum Gasteiger partial charge on any atom is -0.476 e. The van der Waals surface area contributed by atoms with E-state index >= 15 is 0 Å². The van der Waals surface area contributed by atoms with E-state index in [0.717, 1.165) is 69.4 Å². The monoisotopic (exact) mass is 368 g/mol. The molecular formula is C21H28N4O2. The normalized spacial score (nSPS) is 21.1. The van der Waals surface area contributed by atoms with Crippen LogP contribution in [0.1, 0.15) is 65.8 Å². The van der Waals surface area contributed by atoms with Crippen LogP contribution in [0.25, 0.3) is 0 Å². The highest BCUT2D eigenvalue weighted by Gasteiger charge is 2.33. The average molecular weight is 368 g/mol. The van der Waals surface area contributed by atoms with Gasteiger partial charge in [-0.2, -0.15) is 5.10 Å². The smallest absolute Gasteiger partial charge is 0.356 e. The quantitative estimate of drug-likeness (QED) is 0.878. The summed E-state index contributed by atoms with van der Waals surface area (Å²) in [4.78, 5) is 18.4. The molecule has 0 bridgehead atoms. The number of hydrogen-bond donors (Lipinski definition) is 1. The maximum absolute atomic E-state index is 11.7. The van der Waals surface area contributed by atoms with E-state index in [9.17, 15) is 9.90 Å². The number of carboxylic acid groups (broad SMARTS) is 1. The first-order valence-electron chi connectivity index (χ1n) is 10.1. The molecule has 1 saturated heterocycles. The predicted octanol–water partition coefficient (Wildman–Crippen LogP) is 3.12. The van der Waals surface area contributed by atoms with Gasteiger partial charge in [-0.15, -0.1) is 0 Å². The molecule has 1 N–H and O–H groups in total. The van der Waals surface area contributed by atoms with Crippen molar-refractivity contribution in [2.24, 2.45) is 0 Å². The molecule has 27 heavy (non-hydrogen) atoms. The van der Waals surface area contributed by atoms with E-state index in [1.54, 1.807) is 0 Å². The van der Waals surface area contributed by atoms with E-state index in [-0.39, 0.29) is 5.69 Å². The second-order valence-electron chi connectivity index (χ2n) is 7.79. The van der Waals surface area contributed by atoms with Crippen molar-refractivity contribution < 1.29 is 9.90 Å². The lowest BCUT2D eigenvalue weighted by Gasteiger charge is -2.39. The maximum atomic E-state index is 11.7. The molecule has 144 valence electrons. The minimum absolute atomic E-state index is 0.273. The third kappa shape index (κ3) is 3.63. The largest absolute Gasteiger partial charge is 0.476 e. The van der Waals surface area contributed by atoms with E-state index in [1.807, 2.05) is 17.1 Å². The van der Waals surface area contributed by atoms with E-state index in [1.165, 1.54) is 5.56 Å². The molecule has 6 nitrogen and oxygen atoms in total. The summed E-state index contributed by atoms with van der Waals surface area (Å²) in [7, 11) is 0. The number of pyridine rings is 1. The summed E-state index contributed by atoms with van der Waals surface area (Å²) in [5.74, 6) is -0.275. The summed E-state index contributed by atoms with van der Waals surface area (Å²) in [6.07, 6.45) is 9.91. The number of carboxylic acids is 1. The number of aryl methyl sites for hydroxylation is 1. The first-order chi connectivity index (χ1) is 13.2. The van der Waals surface area contributed by atoms with Crippen molar-refractivity contribution >= 4 is 5.97 Å². The standard InChI is InChI=1S/C21H28N4O2/c1-2-11-25-19-4-3-17(14-18(19)20(23-25)21(26)27)24-12-7-16(8-13-24)15-5-9-22-10-6-15/h5-6,9-10,16-17H,2-4,7-8,11-14H2,1H3,(H,26,27). The van der Waals surface area contributed by atoms with Crippen LogP contribution in [-0.2, 0) is 19.4 Å². The second-order valence-corrected chi connectivity index (χ2v) is 7.79. The molecule has 6 heteroatoms. The van der Waals surface area contributed by atoms with Crippen LogP contribution < -0.4 is 0 Å². The van der Waals surface area contributed by atoms with Crippen LogP contribution in [0.3, 0.4) is 0 Å². The summed E-state index contributed by atoms with van der Waals surface area (Å²) in [6, 6.07) is 4.71. The van der Waals surface area contributed by atoms with Crippen LogP contribution >= 0.6 is 0 Å². The van der Waals surface area contributed by atoms with Gasteiger partial charge in [-0.3, -0.25) is 14.6 Å². The zero-order chi connectivity index (χ0) is 18.8. The number of piperidine rings is 1. The predicted molar refractivity (Wildman–Crippen MR) is 103 cm³/mol. The van der Waals surface area contributed by atoms with Crippen LogP contribution in [0.5, 0.6) is 0 Å². The number of nitrogens with zero attached hydrogens (tertiary/aromatic N) is 4. The Hall–Kier alpha value is -2.21. The molecule has 1 fully saturated rings. The van der Waals surface area contributed by atoms with Crippen molar-refractivity contribution in [3.8, 4) is 0 Å². The van der Waals surface area contributed by atoms with Crippen molar-refractivity contribution in [1.29, 1.82) is 0 Å². The van der Waals surface area contributed by atoms with Crippen LogP contribution in [0.2, 0.25) is 0 Å². The number of aromatic nitrogens is 3. The van der Waals surface area contributed by atoms with Gasteiger partial charge in [0.25, 0.3) is 0 Å². The third-order valence-corrected chi connectivity index (χ3v) is 6.18. The number of aromatic carboxylic acids is 1. The fourth-order valence-electron chi connectivity index (χ4n) is 4.78. The summed E-state index contributed by atoms with van der Waals surface area (Å²) >= 11 is 0. The Labute approximate surface area is 160 Å². The summed E-state index contributed by atoms with van der Waals surface area (Å²) in [5, 5.41) is 14.0. The van der Waals surface area contributed by atoms with Crippen molar-refractivity contribution in [3.63, 3.8) is 0 Å². The molecule has 0 amide bonds. The van der Waals surface area contributed by atoms with Crippen molar-refractivity contribution in [2.75, 3.05) is 13.1 Å². The van der Waals surface area contributed by atoms with E-state index < -0.39 is 5.97 Å². The highest BCUT2D eigenvalue weighted by atomic mass is 16.4. The van der Waals surface area contributed by atoms with Crippen LogP contribution in [0, 0.1) is 0 Å². The van der Waals surface area contributed by atoms with Gasteiger partial charge < -0.3 is 5.11 Å². The minimum atomic E-state index is -0.891. The molecule has 1 aliphatic carbocycles. The molecule has 1 atom stereocenters. The number of carbonyl (C=O) groups is 1.